The lowest BCUT2D eigenvalue weighted by atomic mass is 10.1. The van der Waals surface area contributed by atoms with Crippen molar-refractivity contribution in [1.82, 2.24) is 15.1 Å². The molecule has 5 nitrogen and oxygen atoms in total. The van der Waals surface area contributed by atoms with Crippen molar-refractivity contribution in [3.8, 4) is 0 Å². The highest BCUT2D eigenvalue weighted by molar-refractivity contribution is 7.07. The van der Waals surface area contributed by atoms with Crippen molar-refractivity contribution < 1.29 is 9.90 Å². The van der Waals surface area contributed by atoms with Gasteiger partial charge in [-0.15, -0.1) is 0 Å². The van der Waals surface area contributed by atoms with Gasteiger partial charge >= 0.3 is 0 Å². The van der Waals surface area contributed by atoms with E-state index in [0.717, 1.165) is 11.3 Å². The van der Waals surface area contributed by atoms with E-state index in [0.29, 0.717) is 11.6 Å². The minimum atomic E-state index is -0.683. The van der Waals surface area contributed by atoms with Crippen molar-refractivity contribution in [3.05, 3.63) is 39.8 Å². The van der Waals surface area contributed by atoms with Crippen LogP contribution in [0.2, 0.25) is 0 Å². The van der Waals surface area contributed by atoms with Gasteiger partial charge in [0.15, 0.2) is 0 Å². The minimum Gasteiger partial charge on any atom is -0.387 e. The Hall–Kier alpha value is -1.66. The van der Waals surface area contributed by atoms with E-state index in [-0.39, 0.29) is 18.0 Å². The maximum Gasteiger partial charge on any atom is 0.271 e. The predicted molar refractivity (Wildman–Crippen MR) is 90.8 cm³/mol. The van der Waals surface area contributed by atoms with E-state index in [1.807, 2.05) is 27.6 Å². The molecule has 1 aliphatic carbocycles. The topological polar surface area (TPSA) is 67.2 Å². The lowest BCUT2D eigenvalue weighted by Crippen LogP contribution is -2.29. The Bertz CT molecular complexity index is 681. The number of hydrogen-bond donors (Lipinski definition) is 2. The molecule has 0 bridgehead atoms. The lowest BCUT2D eigenvalue weighted by Gasteiger charge is -2.22. The van der Waals surface area contributed by atoms with Crippen LogP contribution in [0.1, 0.15) is 67.4 Å². The molecule has 2 aromatic heterocycles. The number of carbonyl (C=O) groups is 1. The Morgan fingerprint density at radius 2 is 2.26 bits per heavy atom. The molecular weight excluding hydrogens is 310 g/mol. The van der Waals surface area contributed by atoms with Gasteiger partial charge in [-0.05, 0) is 62.1 Å². The van der Waals surface area contributed by atoms with Crippen LogP contribution >= 0.6 is 11.3 Å². The van der Waals surface area contributed by atoms with E-state index in [1.165, 1.54) is 24.2 Å². The summed E-state index contributed by atoms with van der Waals surface area (Å²) in [5.41, 5.74) is 2.25. The fourth-order valence-corrected chi connectivity index (χ4v) is 3.28. The normalized spacial score (nSPS) is 16.3. The molecule has 1 aliphatic rings. The highest BCUT2D eigenvalue weighted by Crippen LogP contribution is 2.41. The van der Waals surface area contributed by atoms with Gasteiger partial charge in [-0.1, -0.05) is 0 Å². The van der Waals surface area contributed by atoms with Gasteiger partial charge < -0.3 is 10.4 Å². The van der Waals surface area contributed by atoms with Crippen LogP contribution in [0.4, 0.5) is 0 Å². The van der Waals surface area contributed by atoms with Crippen LogP contribution < -0.4 is 5.32 Å². The van der Waals surface area contributed by atoms with E-state index < -0.39 is 6.10 Å². The molecule has 1 atom stereocenters. The minimum absolute atomic E-state index is 0.146. The summed E-state index contributed by atoms with van der Waals surface area (Å²) in [5.74, 6) is 0.295. The van der Waals surface area contributed by atoms with Crippen LogP contribution in [-0.4, -0.2) is 27.3 Å². The molecule has 1 amide bonds. The number of amides is 1. The number of hydrogen-bond acceptors (Lipinski definition) is 4. The molecule has 0 spiro atoms. The molecular formula is C17H23N3O2S. The van der Waals surface area contributed by atoms with E-state index >= 15 is 0 Å². The van der Waals surface area contributed by atoms with Crippen molar-refractivity contribution >= 4 is 17.2 Å². The average Bonchev–Trinajstić information content (AvgIpc) is 3.03. The molecule has 3 rings (SSSR count). The van der Waals surface area contributed by atoms with Gasteiger partial charge in [0.05, 0.1) is 11.6 Å². The van der Waals surface area contributed by atoms with Gasteiger partial charge in [0, 0.05) is 18.2 Å². The SMILES string of the molecule is CC(C)(C)n1nc(C(=O)NCC(O)c2ccsc2)cc1C1CC1. The molecule has 1 saturated carbocycles. The summed E-state index contributed by atoms with van der Waals surface area (Å²) in [7, 11) is 0. The zero-order valence-electron chi connectivity index (χ0n) is 13.7. The molecule has 2 heterocycles. The Kier molecular flexibility index (Phi) is 4.29. The van der Waals surface area contributed by atoms with Gasteiger partial charge in [0.25, 0.3) is 5.91 Å². The van der Waals surface area contributed by atoms with Crippen molar-refractivity contribution in [3.63, 3.8) is 0 Å². The fourth-order valence-electron chi connectivity index (χ4n) is 2.58. The van der Waals surface area contributed by atoms with Crippen LogP contribution in [-0.2, 0) is 5.54 Å². The summed E-state index contributed by atoms with van der Waals surface area (Å²) < 4.78 is 1.97. The summed E-state index contributed by atoms with van der Waals surface area (Å²) in [6.07, 6.45) is 1.65. The number of aromatic nitrogens is 2. The maximum absolute atomic E-state index is 12.4. The molecule has 6 heteroatoms. The van der Waals surface area contributed by atoms with Crippen LogP contribution in [0.3, 0.4) is 0 Å². The Labute approximate surface area is 140 Å². The Morgan fingerprint density at radius 1 is 1.52 bits per heavy atom. The second-order valence-electron chi connectivity index (χ2n) is 7.09. The van der Waals surface area contributed by atoms with E-state index in [9.17, 15) is 9.90 Å². The van der Waals surface area contributed by atoms with Gasteiger partial charge in [-0.2, -0.15) is 16.4 Å². The lowest BCUT2D eigenvalue weighted by molar-refractivity contribution is 0.0910. The molecule has 0 radical (unpaired) electrons. The van der Waals surface area contributed by atoms with Gasteiger partial charge in [0.2, 0.25) is 0 Å². The molecule has 0 saturated heterocycles. The first-order valence-corrected chi connectivity index (χ1v) is 8.89. The van der Waals surface area contributed by atoms with Crippen LogP contribution in [0.5, 0.6) is 0 Å². The van der Waals surface area contributed by atoms with Gasteiger partial charge in [0.1, 0.15) is 5.69 Å². The van der Waals surface area contributed by atoms with Crippen LogP contribution in [0.15, 0.2) is 22.9 Å². The summed E-state index contributed by atoms with van der Waals surface area (Å²) in [6, 6.07) is 3.76. The van der Waals surface area contributed by atoms with Crippen molar-refractivity contribution in [2.45, 2.75) is 51.2 Å². The number of aliphatic hydroxyl groups is 1. The quantitative estimate of drug-likeness (QED) is 0.884. The third-order valence-electron chi connectivity index (χ3n) is 3.98. The largest absolute Gasteiger partial charge is 0.387 e. The first kappa shape index (κ1) is 16.2. The molecule has 1 unspecified atom stereocenters. The van der Waals surface area contributed by atoms with Gasteiger partial charge in [-0.25, -0.2) is 0 Å². The summed E-state index contributed by atoms with van der Waals surface area (Å²) in [5, 5.41) is 21.1. The smallest absolute Gasteiger partial charge is 0.271 e. The fraction of sp³-hybridized carbons (Fsp3) is 0.529. The second kappa shape index (κ2) is 6.09. The van der Waals surface area contributed by atoms with Crippen LogP contribution in [0, 0.1) is 0 Å². The standard InChI is InChI=1S/C17H23N3O2S/c1-17(2,3)20-14(11-4-5-11)8-13(19-20)16(22)18-9-15(21)12-6-7-23-10-12/h6-8,10-11,15,21H,4-5,9H2,1-3H3,(H,18,22). The zero-order chi connectivity index (χ0) is 16.6. The number of nitrogens with one attached hydrogen (secondary N) is 1. The molecule has 2 N–H and O–H groups in total. The third-order valence-corrected chi connectivity index (χ3v) is 4.69. The number of nitrogens with zero attached hydrogens (tertiary/aromatic N) is 2. The average molecular weight is 333 g/mol. The summed E-state index contributed by atoms with van der Waals surface area (Å²) in [4.78, 5) is 12.4. The van der Waals surface area contributed by atoms with E-state index in [4.69, 9.17) is 0 Å². The number of carbonyl (C=O) groups excluding carboxylic acids is 1. The molecule has 124 valence electrons. The molecule has 1 fully saturated rings. The van der Waals surface area contributed by atoms with Gasteiger partial charge in [-0.3, -0.25) is 9.48 Å². The molecule has 0 aromatic carbocycles. The zero-order valence-corrected chi connectivity index (χ0v) is 14.6. The third kappa shape index (κ3) is 3.64. The van der Waals surface area contributed by atoms with Crippen LogP contribution in [0.25, 0.3) is 0 Å². The Balaban J connectivity index is 1.70. The first-order chi connectivity index (χ1) is 10.9. The second-order valence-corrected chi connectivity index (χ2v) is 7.87. The summed E-state index contributed by atoms with van der Waals surface area (Å²) in [6.45, 7) is 6.46. The molecule has 0 aliphatic heterocycles. The van der Waals surface area contributed by atoms with Crippen molar-refractivity contribution in [1.29, 1.82) is 0 Å². The van der Waals surface area contributed by atoms with E-state index in [1.54, 1.807) is 0 Å². The van der Waals surface area contributed by atoms with Crippen molar-refractivity contribution in [2.75, 3.05) is 6.54 Å². The Morgan fingerprint density at radius 3 is 2.83 bits per heavy atom. The van der Waals surface area contributed by atoms with E-state index in [2.05, 4.69) is 31.2 Å². The predicted octanol–water partition coefficient (Wildman–Crippen LogP) is 3.04. The maximum atomic E-state index is 12.4. The number of aliphatic hydroxyl groups excluding tert-OH is 1. The summed E-state index contributed by atoms with van der Waals surface area (Å²) >= 11 is 1.53. The number of rotatable bonds is 5. The monoisotopic (exact) mass is 333 g/mol. The van der Waals surface area contributed by atoms with Crippen molar-refractivity contribution in [2.24, 2.45) is 0 Å². The molecule has 2 aromatic rings. The first-order valence-electron chi connectivity index (χ1n) is 7.95. The highest BCUT2D eigenvalue weighted by atomic mass is 32.1. The number of thiophene rings is 1. The molecule has 23 heavy (non-hydrogen) atoms. The highest BCUT2D eigenvalue weighted by Gasteiger charge is 2.32.